The Kier molecular flexibility index (Phi) is 2.71. The summed E-state index contributed by atoms with van der Waals surface area (Å²) in [6, 6.07) is 9.18. The average molecular weight is 255 g/mol. The second-order valence-electron chi connectivity index (χ2n) is 4.80. The molecule has 0 saturated heterocycles. The van der Waals surface area contributed by atoms with E-state index in [4.69, 9.17) is 8.95 Å². The molecule has 0 unspecified atom stereocenters. The van der Waals surface area contributed by atoms with Gasteiger partial charge in [-0.15, -0.1) is 0 Å². The third-order valence-corrected chi connectivity index (χ3v) is 4.97. The molecule has 1 aliphatic rings. The summed E-state index contributed by atoms with van der Waals surface area (Å²) in [4.78, 5) is 1.71. The first-order valence-electron chi connectivity index (χ1n) is 5.43. The Balaban J connectivity index is 2.18. The van der Waals surface area contributed by atoms with Gasteiger partial charge in [0.05, 0.1) is 0 Å². The summed E-state index contributed by atoms with van der Waals surface area (Å²) in [6.07, 6.45) is 0.111. The Bertz CT molecular complexity index is 448. The Morgan fingerprint density at radius 2 is 1.94 bits per heavy atom. The van der Waals surface area contributed by atoms with Crippen molar-refractivity contribution in [3.05, 3.63) is 35.9 Å². The van der Waals surface area contributed by atoms with E-state index < -0.39 is 8.17 Å². The standard InChI is InChI=1S/C11H16FN2O2Si/c1-14(2)9-17(3,12)15-11(13-16-17)10-7-5-4-6-8-10/h4-8H,9H2,1-3H3/q-1. The fourth-order valence-electron chi connectivity index (χ4n) is 1.88. The van der Waals surface area contributed by atoms with E-state index in [0.29, 0.717) is 0 Å². The Labute approximate surface area is 100 Å². The van der Waals surface area contributed by atoms with Gasteiger partial charge in [-0.05, 0) is 0 Å². The van der Waals surface area contributed by atoms with Crippen LogP contribution in [0.2, 0.25) is 6.55 Å². The molecule has 4 nitrogen and oxygen atoms in total. The molecule has 2 rings (SSSR count). The van der Waals surface area contributed by atoms with Gasteiger partial charge in [0.1, 0.15) is 0 Å². The predicted octanol–water partition coefficient (Wildman–Crippen LogP) is 1.99. The maximum absolute atomic E-state index is 14.7. The quantitative estimate of drug-likeness (QED) is 0.612. The van der Waals surface area contributed by atoms with Crippen LogP contribution >= 0.6 is 0 Å². The van der Waals surface area contributed by atoms with Crippen LogP contribution in [0.15, 0.2) is 35.5 Å². The molecule has 0 aliphatic carbocycles. The van der Waals surface area contributed by atoms with E-state index in [2.05, 4.69) is 5.16 Å². The molecule has 0 saturated carbocycles. The summed E-state index contributed by atoms with van der Waals surface area (Å²) < 4.78 is 25.2. The van der Waals surface area contributed by atoms with Gasteiger partial charge in [-0.2, -0.15) is 0 Å². The van der Waals surface area contributed by atoms with Gasteiger partial charge >= 0.3 is 99.9 Å². The van der Waals surface area contributed by atoms with Gasteiger partial charge in [-0.3, -0.25) is 0 Å². The fraction of sp³-hybridized carbons (Fsp3) is 0.364. The van der Waals surface area contributed by atoms with Crippen molar-refractivity contribution >= 4 is 14.1 Å². The van der Waals surface area contributed by atoms with Crippen LogP contribution in [0.4, 0.5) is 4.11 Å². The number of hydrogen-bond acceptors (Lipinski definition) is 4. The van der Waals surface area contributed by atoms with Gasteiger partial charge in [0, 0.05) is 0 Å². The first-order chi connectivity index (χ1) is 7.87. The zero-order valence-corrected chi connectivity index (χ0v) is 11.2. The van der Waals surface area contributed by atoms with Crippen LogP contribution in [0.25, 0.3) is 0 Å². The summed E-state index contributed by atoms with van der Waals surface area (Å²) in [7, 11) is -0.858. The van der Waals surface area contributed by atoms with Gasteiger partial charge < -0.3 is 0 Å². The molecule has 1 heterocycles. The molecule has 0 atom stereocenters. The SMILES string of the molecule is CN(C)C[Si-]1(C)(F)ON=C(c2ccccc2)O1. The molecule has 0 amide bonds. The van der Waals surface area contributed by atoms with Crippen LogP contribution < -0.4 is 0 Å². The zero-order chi connectivity index (χ0) is 12.5. The summed E-state index contributed by atoms with van der Waals surface area (Å²) in [6.45, 7) is 1.39. The number of benzene rings is 1. The molecule has 17 heavy (non-hydrogen) atoms. The normalized spacial score (nSPS) is 23.1. The van der Waals surface area contributed by atoms with Crippen molar-refractivity contribution in [2.45, 2.75) is 6.55 Å². The second kappa shape index (κ2) is 3.81. The summed E-state index contributed by atoms with van der Waals surface area (Å²) >= 11 is 0. The predicted molar refractivity (Wildman–Crippen MR) is 66.4 cm³/mol. The van der Waals surface area contributed by atoms with Crippen LogP contribution in [0.5, 0.6) is 0 Å². The number of nitrogens with zero attached hydrogens (tertiary/aromatic N) is 2. The average Bonchev–Trinajstić information content (AvgIpc) is 2.56. The molecule has 0 N–H and O–H groups in total. The number of halogens is 1. The molecule has 1 aromatic rings. The summed E-state index contributed by atoms with van der Waals surface area (Å²) in [5, 5.41) is 3.74. The maximum atomic E-state index is 14.7. The summed E-state index contributed by atoms with van der Waals surface area (Å²) in [5.41, 5.74) is 0.725. The number of rotatable bonds is 3. The van der Waals surface area contributed by atoms with Gasteiger partial charge in [-0.1, -0.05) is 0 Å². The van der Waals surface area contributed by atoms with Crippen molar-refractivity contribution in [2.24, 2.45) is 5.16 Å². The Morgan fingerprint density at radius 1 is 1.29 bits per heavy atom. The second-order valence-corrected chi connectivity index (χ2v) is 8.73. The van der Waals surface area contributed by atoms with Crippen molar-refractivity contribution in [2.75, 3.05) is 20.3 Å². The number of oxime groups is 1. The van der Waals surface area contributed by atoms with Crippen LogP contribution in [0.3, 0.4) is 0 Å². The first-order valence-corrected chi connectivity index (χ1v) is 8.33. The van der Waals surface area contributed by atoms with Crippen LogP contribution in [-0.2, 0) is 8.95 Å². The number of hydrogen-bond donors (Lipinski definition) is 0. The van der Waals surface area contributed by atoms with E-state index in [9.17, 15) is 4.11 Å². The fourth-order valence-corrected chi connectivity index (χ4v) is 4.38. The molecule has 0 aromatic heterocycles. The van der Waals surface area contributed by atoms with Crippen molar-refractivity contribution < 1.29 is 13.1 Å². The van der Waals surface area contributed by atoms with Crippen LogP contribution in [0, 0.1) is 0 Å². The van der Waals surface area contributed by atoms with Crippen molar-refractivity contribution in [3.8, 4) is 0 Å². The van der Waals surface area contributed by atoms with Gasteiger partial charge in [-0.25, -0.2) is 0 Å². The molecule has 1 aromatic carbocycles. The molecule has 0 radical (unpaired) electrons. The monoisotopic (exact) mass is 255 g/mol. The van der Waals surface area contributed by atoms with Gasteiger partial charge in [0.25, 0.3) is 0 Å². The molecule has 0 spiro atoms. The Hall–Kier alpha value is -1.40. The van der Waals surface area contributed by atoms with E-state index in [1.165, 1.54) is 6.55 Å². The van der Waals surface area contributed by atoms with Crippen LogP contribution in [0.1, 0.15) is 5.56 Å². The molecular weight excluding hydrogens is 239 g/mol. The van der Waals surface area contributed by atoms with Crippen LogP contribution in [-0.4, -0.2) is 39.2 Å². The van der Waals surface area contributed by atoms with Gasteiger partial charge in [0.15, 0.2) is 0 Å². The van der Waals surface area contributed by atoms with E-state index in [-0.39, 0.29) is 12.1 Å². The molecular formula is C11H16FN2O2Si-. The summed E-state index contributed by atoms with van der Waals surface area (Å²) in [5.74, 6) is 0.228. The van der Waals surface area contributed by atoms with E-state index in [1.807, 2.05) is 30.3 Å². The topological polar surface area (TPSA) is 34.1 Å². The first kappa shape index (κ1) is 12.1. The Morgan fingerprint density at radius 3 is 2.53 bits per heavy atom. The van der Waals surface area contributed by atoms with Crippen molar-refractivity contribution in [1.82, 2.24) is 4.90 Å². The van der Waals surface area contributed by atoms with Crippen molar-refractivity contribution in [3.63, 3.8) is 0 Å². The van der Waals surface area contributed by atoms with Crippen molar-refractivity contribution in [1.29, 1.82) is 0 Å². The minimum atomic E-state index is -4.41. The van der Waals surface area contributed by atoms with E-state index in [1.54, 1.807) is 19.0 Å². The van der Waals surface area contributed by atoms with Gasteiger partial charge in [0.2, 0.25) is 0 Å². The minimum absolute atomic E-state index is 0.111. The third-order valence-electron chi connectivity index (χ3n) is 2.39. The van der Waals surface area contributed by atoms with E-state index in [0.717, 1.165) is 5.56 Å². The zero-order valence-electron chi connectivity index (χ0n) is 10.2. The molecule has 94 valence electrons. The van der Waals surface area contributed by atoms with E-state index >= 15 is 0 Å². The molecule has 1 aliphatic heterocycles. The molecule has 0 fully saturated rings. The molecule has 6 heteroatoms. The third kappa shape index (κ3) is 2.64. The molecule has 0 bridgehead atoms.